The summed E-state index contributed by atoms with van der Waals surface area (Å²) in [5.41, 5.74) is 0.989. The molecule has 4 aromatic rings. The number of hydrogen-bond donors (Lipinski definition) is 0. The van der Waals surface area contributed by atoms with E-state index >= 15 is 0 Å². The first-order valence-corrected chi connectivity index (χ1v) is 10.0. The standard InChI is InChI=1S/C23H19NO4S/c25-22(16-28-23(26)21-13-18-9-4-5-11-20(18)29-21)24(15-19-10-6-12-27-19)14-17-7-2-1-3-8-17/h1-13H,14-16H2. The number of carbonyl (C=O) groups excluding carboxylic acids is 2. The van der Waals surface area contributed by atoms with Crippen LogP contribution in [-0.4, -0.2) is 23.4 Å². The molecule has 4 rings (SSSR count). The van der Waals surface area contributed by atoms with Crippen molar-refractivity contribution in [3.8, 4) is 0 Å². The molecule has 2 heterocycles. The molecule has 6 heteroatoms. The van der Waals surface area contributed by atoms with Gasteiger partial charge in [0.05, 0.1) is 12.8 Å². The van der Waals surface area contributed by atoms with Gasteiger partial charge in [-0.05, 0) is 35.2 Å². The lowest BCUT2D eigenvalue weighted by Gasteiger charge is -2.21. The summed E-state index contributed by atoms with van der Waals surface area (Å²) in [4.78, 5) is 27.3. The van der Waals surface area contributed by atoms with Crippen LogP contribution in [-0.2, 0) is 22.6 Å². The SMILES string of the molecule is O=C(OCC(=O)N(Cc1ccccc1)Cc1ccco1)c1cc2ccccc2s1. The van der Waals surface area contributed by atoms with Crippen molar-refractivity contribution in [3.05, 3.63) is 95.3 Å². The quantitative estimate of drug-likeness (QED) is 0.411. The third-order valence-corrected chi connectivity index (χ3v) is 5.55. The van der Waals surface area contributed by atoms with E-state index in [0.717, 1.165) is 15.6 Å². The van der Waals surface area contributed by atoms with Crippen LogP contribution in [0.3, 0.4) is 0 Å². The second kappa shape index (κ2) is 8.75. The van der Waals surface area contributed by atoms with E-state index < -0.39 is 5.97 Å². The Balaban J connectivity index is 1.43. The van der Waals surface area contributed by atoms with Crippen LogP contribution in [0, 0.1) is 0 Å². The molecular weight excluding hydrogens is 386 g/mol. The van der Waals surface area contributed by atoms with E-state index in [1.807, 2.05) is 60.7 Å². The highest BCUT2D eigenvalue weighted by Gasteiger charge is 2.19. The monoisotopic (exact) mass is 405 g/mol. The Morgan fingerprint density at radius 1 is 0.931 bits per heavy atom. The number of esters is 1. The van der Waals surface area contributed by atoms with Crippen molar-refractivity contribution in [2.75, 3.05) is 6.61 Å². The third kappa shape index (κ3) is 4.73. The van der Waals surface area contributed by atoms with E-state index in [2.05, 4.69) is 0 Å². The Kier molecular flexibility index (Phi) is 5.72. The summed E-state index contributed by atoms with van der Waals surface area (Å²) < 4.78 is 11.7. The highest BCUT2D eigenvalue weighted by atomic mass is 32.1. The Bertz CT molecular complexity index is 1070. The van der Waals surface area contributed by atoms with Gasteiger partial charge in [-0.15, -0.1) is 11.3 Å². The average molecular weight is 405 g/mol. The van der Waals surface area contributed by atoms with Gasteiger partial charge in [0.1, 0.15) is 10.6 Å². The molecule has 2 aromatic heterocycles. The zero-order chi connectivity index (χ0) is 20.1. The Morgan fingerprint density at radius 3 is 2.48 bits per heavy atom. The van der Waals surface area contributed by atoms with Crippen LogP contribution in [0.5, 0.6) is 0 Å². The molecule has 29 heavy (non-hydrogen) atoms. The fourth-order valence-electron chi connectivity index (χ4n) is 3.00. The molecule has 0 radical (unpaired) electrons. The van der Waals surface area contributed by atoms with Gasteiger partial charge in [-0.2, -0.15) is 0 Å². The number of benzene rings is 2. The first-order valence-electron chi connectivity index (χ1n) is 9.19. The lowest BCUT2D eigenvalue weighted by atomic mass is 10.2. The van der Waals surface area contributed by atoms with Crippen molar-refractivity contribution >= 4 is 33.3 Å². The lowest BCUT2D eigenvalue weighted by Crippen LogP contribution is -2.33. The van der Waals surface area contributed by atoms with E-state index in [1.54, 1.807) is 23.3 Å². The molecule has 0 atom stereocenters. The molecule has 0 saturated carbocycles. The van der Waals surface area contributed by atoms with E-state index in [1.165, 1.54) is 11.3 Å². The van der Waals surface area contributed by atoms with Crippen LogP contribution in [0.1, 0.15) is 21.0 Å². The van der Waals surface area contributed by atoms with Crippen LogP contribution in [0.15, 0.2) is 83.5 Å². The summed E-state index contributed by atoms with van der Waals surface area (Å²) in [6, 6.07) is 22.8. The number of amides is 1. The Labute approximate surface area is 172 Å². The fourth-order valence-corrected chi connectivity index (χ4v) is 3.96. The Hall–Kier alpha value is -3.38. The minimum absolute atomic E-state index is 0.278. The maximum atomic E-state index is 12.8. The van der Waals surface area contributed by atoms with Crippen LogP contribution in [0.25, 0.3) is 10.1 Å². The lowest BCUT2D eigenvalue weighted by molar-refractivity contribution is -0.136. The van der Waals surface area contributed by atoms with Crippen molar-refractivity contribution in [3.63, 3.8) is 0 Å². The van der Waals surface area contributed by atoms with E-state index in [4.69, 9.17) is 9.15 Å². The molecule has 0 spiro atoms. The molecule has 0 saturated heterocycles. The van der Waals surface area contributed by atoms with Crippen LogP contribution < -0.4 is 0 Å². The summed E-state index contributed by atoms with van der Waals surface area (Å²) in [5, 5.41) is 0.985. The summed E-state index contributed by atoms with van der Waals surface area (Å²) in [7, 11) is 0. The first kappa shape index (κ1) is 19.0. The third-order valence-electron chi connectivity index (χ3n) is 4.45. The predicted octanol–water partition coefficient (Wildman–Crippen LogP) is 4.88. The number of furan rings is 1. The number of carbonyl (C=O) groups is 2. The summed E-state index contributed by atoms with van der Waals surface area (Å²) >= 11 is 1.36. The van der Waals surface area contributed by atoms with Crippen LogP contribution in [0.4, 0.5) is 0 Å². The molecule has 1 amide bonds. The summed E-state index contributed by atoms with van der Waals surface area (Å²) in [5.74, 6) is -0.0953. The Morgan fingerprint density at radius 2 is 1.72 bits per heavy atom. The normalized spacial score (nSPS) is 10.8. The van der Waals surface area contributed by atoms with Gasteiger partial charge in [0.25, 0.3) is 5.91 Å². The largest absolute Gasteiger partial charge is 0.467 e. The second-order valence-corrected chi connectivity index (χ2v) is 7.62. The van der Waals surface area contributed by atoms with Gasteiger partial charge < -0.3 is 14.1 Å². The van der Waals surface area contributed by atoms with E-state index in [0.29, 0.717) is 23.7 Å². The molecule has 0 N–H and O–H groups in total. The van der Waals surface area contributed by atoms with Crippen molar-refractivity contribution in [2.24, 2.45) is 0 Å². The van der Waals surface area contributed by atoms with Crippen LogP contribution >= 0.6 is 11.3 Å². The van der Waals surface area contributed by atoms with Crippen molar-refractivity contribution in [1.29, 1.82) is 0 Å². The van der Waals surface area contributed by atoms with Gasteiger partial charge in [-0.25, -0.2) is 4.79 Å². The molecule has 0 unspecified atom stereocenters. The first-order chi connectivity index (χ1) is 14.2. The number of nitrogens with zero attached hydrogens (tertiary/aromatic N) is 1. The minimum atomic E-state index is -0.489. The van der Waals surface area contributed by atoms with Crippen molar-refractivity contribution < 1.29 is 18.7 Å². The van der Waals surface area contributed by atoms with E-state index in [-0.39, 0.29) is 12.5 Å². The smallest absolute Gasteiger partial charge is 0.348 e. The number of fused-ring (bicyclic) bond motifs is 1. The molecule has 0 aliphatic rings. The predicted molar refractivity (Wildman–Crippen MR) is 112 cm³/mol. The molecule has 2 aromatic carbocycles. The molecule has 0 fully saturated rings. The maximum absolute atomic E-state index is 12.8. The second-order valence-electron chi connectivity index (χ2n) is 6.54. The number of rotatable bonds is 7. The van der Waals surface area contributed by atoms with Gasteiger partial charge in [0.2, 0.25) is 0 Å². The number of ether oxygens (including phenoxy) is 1. The van der Waals surface area contributed by atoms with Gasteiger partial charge in [0, 0.05) is 11.2 Å². The highest BCUT2D eigenvalue weighted by Crippen LogP contribution is 2.25. The molecule has 146 valence electrons. The molecule has 0 aliphatic heterocycles. The number of hydrogen-bond acceptors (Lipinski definition) is 5. The van der Waals surface area contributed by atoms with Crippen LogP contribution in [0.2, 0.25) is 0 Å². The maximum Gasteiger partial charge on any atom is 0.348 e. The summed E-state index contributed by atoms with van der Waals surface area (Å²) in [6.45, 7) is 0.391. The molecule has 0 aliphatic carbocycles. The van der Waals surface area contributed by atoms with E-state index in [9.17, 15) is 9.59 Å². The topological polar surface area (TPSA) is 59.8 Å². The zero-order valence-electron chi connectivity index (χ0n) is 15.6. The van der Waals surface area contributed by atoms with Crippen molar-refractivity contribution in [2.45, 2.75) is 13.1 Å². The molecular formula is C23H19NO4S. The average Bonchev–Trinajstić information content (AvgIpc) is 3.41. The highest BCUT2D eigenvalue weighted by molar-refractivity contribution is 7.20. The number of thiophene rings is 1. The zero-order valence-corrected chi connectivity index (χ0v) is 16.4. The minimum Gasteiger partial charge on any atom is -0.467 e. The van der Waals surface area contributed by atoms with Gasteiger partial charge in [-0.1, -0.05) is 48.5 Å². The van der Waals surface area contributed by atoms with Gasteiger partial charge in [0.15, 0.2) is 6.61 Å². The van der Waals surface area contributed by atoms with Gasteiger partial charge >= 0.3 is 5.97 Å². The van der Waals surface area contributed by atoms with Crippen molar-refractivity contribution in [1.82, 2.24) is 4.90 Å². The molecule has 0 bridgehead atoms. The fraction of sp³-hybridized carbons (Fsp3) is 0.130. The van der Waals surface area contributed by atoms with Gasteiger partial charge in [-0.3, -0.25) is 4.79 Å². The summed E-state index contributed by atoms with van der Waals surface area (Å²) in [6.07, 6.45) is 1.57. The molecule has 5 nitrogen and oxygen atoms in total.